The second-order valence-electron chi connectivity index (χ2n) is 9.07. The molecule has 0 bridgehead atoms. The van der Waals surface area contributed by atoms with Gasteiger partial charge in [0.15, 0.2) is 0 Å². The molecule has 1 N–H and O–H groups in total. The second kappa shape index (κ2) is 6.49. The highest BCUT2D eigenvalue weighted by atomic mass is 15.0. The van der Waals surface area contributed by atoms with Gasteiger partial charge in [-0.05, 0) is 46.5 Å². The molecule has 0 atom stereocenters. The zero-order valence-electron chi connectivity index (χ0n) is 18.4. The molecule has 0 spiro atoms. The first kappa shape index (κ1) is 17.9. The third kappa shape index (κ3) is 2.24. The predicted octanol–water partition coefficient (Wildman–Crippen LogP) is 8.72. The minimum absolute atomic E-state index is 1.18. The number of nitrogens with zero attached hydrogens (tertiary/aromatic N) is 1. The van der Waals surface area contributed by atoms with Crippen molar-refractivity contribution in [2.45, 2.75) is 0 Å². The Morgan fingerprint density at radius 1 is 0.441 bits per heavy atom. The summed E-state index contributed by atoms with van der Waals surface area (Å²) in [5, 5.41) is 10.3. The number of nitrogens with one attached hydrogen (secondary N) is 1. The first-order valence-electron chi connectivity index (χ1n) is 11.7. The van der Waals surface area contributed by atoms with Crippen molar-refractivity contribution in [3.63, 3.8) is 0 Å². The minimum Gasteiger partial charge on any atom is -0.354 e. The van der Waals surface area contributed by atoms with E-state index < -0.39 is 0 Å². The lowest BCUT2D eigenvalue weighted by Crippen LogP contribution is -1.94. The van der Waals surface area contributed by atoms with Crippen LogP contribution in [0.2, 0.25) is 0 Å². The van der Waals surface area contributed by atoms with E-state index in [4.69, 9.17) is 0 Å². The Morgan fingerprint density at radius 3 is 1.85 bits per heavy atom. The third-order valence-electron chi connectivity index (χ3n) is 7.28. The molecular weight excluding hydrogens is 412 g/mol. The average molecular weight is 433 g/mol. The zero-order valence-corrected chi connectivity index (χ0v) is 18.4. The van der Waals surface area contributed by atoms with Gasteiger partial charge in [0.05, 0.1) is 11.0 Å². The van der Waals surface area contributed by atoms with Gasteiger partial charge >= 0.3 is 0 Å². The smallest absolute Gasteiger partial charge is 0.0625 e. The van der Waals surface area contributed by atoms with Gasteiger partial charge in [-0.15, -0.1) is 0 Å². The van der Waals surface area contributed by atoms with Gasteiger partial charge in [-0.2, -0.15) is 0 Å². The molecule has 0 aliphatic heterocycles. The van der Waals surface area contributed by atoms with Crippen molar-refractivity contribution in [3.8, 4) is 5.69 Å². The fourth-order valence-corrected chi connectivity index (χ4v) is 5.87. The van der Waals surface area contributed by atoms with Crippen molar-refractivity contribution >= 4 is 65.2 Å². The fourth-order valence-electron chi connectivity index (χ4n) is 5.87. The van der Waals surface area contributed by atoms with E-state index in [0.29, 0.717) is 0 Å². The minimum atomic E-state index is 1.18. The Kier molecular flexibility index (Phi) is 3.42. The van der Waals surface area contributed by atoms with Crippen LogP contribution in [0.25, 0.3) is 70.8 Å². The van der Waals surface area contributed by atoms with Crippen molar-refractivity contribution < 1.29 is 0 Å². The molecule has 0 saturated carbocycles. The zero-order chi connectivity index (χ0) is 22.2. The van der Waals surface area contributed by atoms with Crippen molar-refractivity contribution in [2.75, 3.05) is 0 Å². The molecule has 0 unspecified atom stereocenters. The average Bonchev–Trinajstić information content (AvgIpc) is 3.43. The van der Waals surface area contributed by atoms with Crippen molar-refractivity contribution in [1.29, 1.82) is 0 Å². The van der Waals surface area contributed by atoms with Gasteiger partial charge in [0.2, 0.25) is 0 Å². The van der Waals surface area contributed by atoms with Crippen LogP contribution in [-0.4, -0.2) is 9.55 Å². The van der Waals surface area contributed by atoms with E-state index in [1.54, 1.807) is 0 Å². The molecule has 0 amide bonds. The Morgan fingerprint density at radius 2 is 1.06 bits per heavy atom. The van der Waals surface area contributed by atoms with Crippen LogP contribution in [0.15, 0.2) is 115 Å². The topological polar surface area (TPSA) is 20.7 Å². The first-order chi connectivity index (χ1) is 16.9. The Bertz CT molecular complexity index is 2060. The van der Waals surface area contributed by atoms with E-state index in [0.717, 1.165) is 0 Å². The number of para-hydroxylation sites is 2. The summed E-state index contributed by atoms with van der Waals surface area (Å²) in [7, 11) is 0. The van der Waals surface area contributed by atoms with Crippen LogP contribution in [-0.2, 0) is 0 Å². The fraction of sp³-hybridized carbons (Fsp3) is 0. The monoisotopic (exact) mass is 432 g/mol. The highest BCUT2D eigenvalue weighted by Gasteiger charge is 2.20. The Labute approximate surface area is 195 Å². The number of benzene rings is 6. The van der Waals surface area contributed by atoms with E-state index >= 15 is 0 Å². The van der Waals surface area contributed by atoms with Crippen molar-refractivity contribution in [2.24, 2.45) is 0 Å². The number of rotatable bonds is 1. The quantitative estimate of drug-likeness (QED) is 0.250. The van der Waals surface area contributed by atoms with Crippen molar-refractivity contribution in [3.05, 3.63) is 115 Å². The number of hydrogen-bond donors (Lipinski definition) is 1. The molecule has 158 valence electrons. The highest BCUT2D eigenvalue weighted by Crippen LogP contribution is 2.43. The summed E-state index contributed by atoms with van der Waals surface area (Å²) in [6.07, 6.45) is 0. The molecule has 2 aromatic heterocycles. The molecule has 0 aliphatic rings. The summed E-state index contributed by atoms with van der Waals surface area (Å²) in [5.41, 5.74) is 6.05. The van der Waals surface area contributed by atoms with Crippen molar-refractivity contribution in [1.82, 2.24) is 9.55 Å². The maximum atomic E-state index is 3.66. The molecule has 2 heteroatoms. The number of hydrogen-bond acceptors (Lipinski definition) is 0. The highest BCUT2D eigenvalue weighted by molar-refractivity contribution is 6.33. The van der Waals surface area contributed by atoms with Gasteiger partial charge in [-0.1, -0.05) is 84.9 Å². The molecule has 34 heavy (non-hydrogen) atoms. The van der Waals surface area contributed by atoms with Crippen LogP contribution in [0.5, 0.6) is 0 Å². The number of aromatic nitrogens is 2. The summed E-state index contributed by atoms with van der Waals surface area (Å²) in [6.45, 7) is 0. The van der Waals surface area contributed by atoms with E-state index in [1.807, 2.05) is 0 Å². The predicted molar refractivity (Wildman–Crippen MR) is 145 cm³/mol. The summed E-state index contributed by atoms with van der Waals surface area (Å²) in [6, 6.07) is 41.7. The molecule has 2 nitrogen and oxygen atoms in total. The standard InChI is InChI=1S/C32H20N2/c1-2-10-20(11-3-1)34-30-19-26-23-14-8-9-17-28(23)33-29(26)18-27(30)31-24-15-6-4-12-21(24)22-13-5-7-16-25(22)32(31)34/h1-19,33H. The van der Waals surface area contributed by atoms with E-state index in [9.17, 15) is 0 Å². The molecule has 0 saturated heterocycles. The van der Waals surface area contributed by atoms with Crippen LogP contribution in [0.1, 0.15) is 0 Å². The van der Waals surface area contributed by atoms with Gasteiger partial charge in [-0.25, -0.2) is 0 Å². The summed E-state index contributed by atoms with van der Waals surface area (Å²) < 4.78 is 2.46. The van der Waals surface area contributed by atoms with E-state index in [-0.39, 0.29) is 0 Å². The van der Waals surface area contributed by atoms with Gasteiger partial charge in [0, 0.05) is 43.7 Å². The third-order valence-corrected chi connectivity index (χ3v) is 7.28. The maximum absolute atomic E-state index is 3.66. The van der Waals surface area contributed by atoms with Crippen LogP contribution in [0, 0.1) is 0 Å². The Balaban J connectivity index is 1.72. The lowest BCUT2D eigenvalue weighted by Gasteiger charge is -2.12. The Hall–Kier alpha value is -4.56. The summed E-state index contributed by atoms with van der Waals surface area (Å²) in [5.74, 6) is 0. The molecule has 6 aromatic carbocycles. The van der Waals surface area contributed by atoms with Crippen LogP contribution in [0.3, 0.4) is 0 Å². The number of fused-ring (bicyclic) bond motifs is 11. The largest absolute Gasteiger partial charge is 0.354 e. The molecule has 0 fully saturated rings. The van der Waals surface area contributed by atoms with Crippen LogP contribution >= 0.6 is 0 Å². The molecule has 8 aromatic rings. The second-order valence-corrected chi connectivity index (χ2v) is 9.07. The van der Waals surface area contributed by atoms with Gasteiger partial charge in [-0.3, -0.25) is 0 Å². The van der Waals surface area contributed by atoms with Gasteiger partial charge in [0.1, 0.15) is 0 Å². The van der Waals surface area contributed by atoms with E-state index in [1.165, 1.54) is 70.8 Å². The SMILES string of the molecule is c1ccc(-n2c3cc4c(cc3c3c5ccccc5c5ccccc5c32)[nH]c2ccccc24)cc1. The lowest BCUT2D eigenvalue weighted by molar-refractivity contribution is 1.19. The summed E-state index contributed by atoms with van der Waals surface area (Å²) in [4.78, 5) is 3.66. The normalized spacial score (nSPS) is 12.1. The molecule has 0 aliphatic carbocycles. The number of aromatic amines is 1. The van der Waals surface area contributed by atoms with Gasteiger partial charge < -0.3 is 9.55 Å². The number of H-pyrrole nitrogens is 1. The van der Waals surface area contributed by atoms with Gasteiger partial charge in [0.25, 0.3) is 0 Å². The molecular formula is C32H20N2. The van der Waals surface area contributed by atoms with E-state index in [2.05, 4.69) is 125 Å². The maximum Gasteiger partial charge on any atom is 0.0625 e. The first-order valence-corrected chi connectivity index (χ1v) is 11.7. The lowest BCUT2D eigenvalue weighted by atomic mass is 9.96. The molecule has 2 heterocycles. The summed E-state index contributed by atoms with van der Waals surface area (Å²) >= 11 is 0. The molecule has 0 radical (unpaired) electrons. The molecule has 8 rings (SSSR count). The van der Waals surface area contributed by atoms with Crippen LogP contribution in [0.4, 0.5) is 0 Å². The van der Waals surface area contributed by atoms with Crippen LogP contribution < -0.4 is 0 Å².